The Morgan fingerprint density at radius 2 is 2.27 bits per heavy atom. The van der Waals surface area contributed by atoms with Crippen LogP contribution in [0.4, 0.5) is 5.82 Å². The number of hydrogen-bond acceptors (Lipinski definition) is 3. The summed E-state index contributed by atoms with van der Waals surface area (Å²) in [5, 5.41) is 3.84. The van der Waals surface area contributed by atoms with Crippen LogP contribution in [0.5, 0.6) is 0 Å². The third kappa shape index (κ3) is 3.06. The lowest BCUT2D eigenvalue weighted by Gasteiger charge is -2.27. The van der Waals surface area contributed by atoms with E-state index in [1.807, 2.05) is 0 Å². The van der Waals surface area contributed by atoms with Gasteiger partial charge in [-0.1, -0.05) is 31.4 Å². The molecule has 15 heavy (non-hydrogen) atoms. The van der Waals surface area contributed by atoms with Crippen molar-refractivity contribution < 1.29 is 0 Å². The molecule has 1 aliphatic rings. The highest BCUT2D eigenvalue weighted by Gasteiger charge is 2.18. The number of nitrogens with one attached hydrogen (secondary N) is 1. The zero-order valence-corrected chi connectivity index (χ0v) is 9.67. The van der Waals surface area contributed by atoms with Gasteiger partial charge in [0, 0.05) is 6.04 Å². The number of anilines is 1. The highest BCUT2D eigenvalue weighted by Crippen LogP contribution is 2.25. The van der Waals surface area contributed by atoms with Gasteiger partial charge in [-0.15, -0.1) is 0 Å². The molecule has 1 aromatic rings. The van der Waals surface area contributed by atoms with Crippen molar-refractivity contribution in [1.29, 1.82) is 0 Å². The van der Waals surface area contributed by atoms with Crippen LogP contribution >= 0.6 is 11.6 Å². The van der Waals surface area contributed by atoms with E-state index in [9.17, 15) is 0 Å². The Morgan fingerprint density at radius 1 is 1.40 bits per heavy atom. The van der Waals surface area contributed by atoms with E-state index in [-0.39, 0.29) is 0 Å². The average molecular weight is 226 g/mol. The Hall–Kier alpha value is -0.830. The lowest BCUT2D eigenvalue weighted by molar-refractivity contribution is 0.358. The molecule has 1 fully saturated rings. The van der Waals surface area contributed by atoms with Crippen molar-refractivity contribution in [3.05, 3.63) is 17.5 Å². The molecule has 1 N–H and O–H groups in total. The molecule has 1 saturated carbocycles. The first-order valence-electron chi connectivity index (χ1n) is 5.48. The molecule has 4 heteroatoms. The Bertz CT molecular complexity index is 329. The predicted octanol–water partition coefficient (Wildman–Crippen LogP) is 3.12. The van der Waals surface area contributed by atoms with E-state index in [0.717, 1.165) is 11.7 Å². The SMILES string of the molecule is CC1CCCC(Nc2cncc(Cl)n2)C1. The van der Waals surface area contributed by atoms with Gasteiger partial charge >= 0.3 is 0 Å². The van der Waals surface area contributed by atoms with Gasteiger partial charge in [0.25, 0.3) is 0 Å². The minimum Gasteiger partial charge on any atom is -0.366 e. The van der Waals surface area contributed by atoms with Crippen molar-refractivity contribution in [1.82, 2.24) is 9.97 Å². The van der Waals surface area contributed by atoms with Crippen LogP contribution in [0.15, 0.2) is 12.4 Å². The van der Waals surface area contributed by atoms with Gasteiger partial charge in [-0.25, -0.2) is 4.98 Å². The van der Waals surface area contributed by atoms with Gasteiger partial charge in [-0.2, -0.15) is 0 Å². The second-order valence-electron chi connectivity index (χ2n) is 4.34. The zero-order valence-electron chi connectivity index (χ0n) is 8.91. The van der Waals surface area contributed by atoms with Crippen molar-refractivity contribution in [3.8, 4) is 0 Å². The van der Waals surface area contributed by atoms with Gasteiger partial charge < -0.3 is 5.32 Å². The fourth-order valence-electron chi connectivity index (χ4n) is 2.19. The van der Waals surface area contributed by atoms with Gasteiger partial charge in [0.05, 0.1) is 12.4 Å². The Balaban J connectivity index is 1.96. The summed E-state index contributed by atoms with van der Waals surface area (Å²) in [7, 11) is 0. The largest absolute Gasteiger partial charge is 0.366 e. The molecule has 0 spiro atoms. The van der Waals surface area contributed by atoms with Crippen LogP contribution in [-0.4, -0.2) is 16.0 Å². The molecule has 1 aromatic heterocycles. The predicted molar refractivity (Wildman–Crippen MR) is 62.1 cm³/mol. The fourth-order valence-corrected chi connectivity index (χ4v) is 2.33. The topological polar surface area (TPSA) is 37.8 Å². The summed E-state index contributed by atoms with van der Waals surface area (Å²) < 4.78 is 0. The quantitative estimate of drug-likeness (QED) is 0.841. The van der Waals surface area contributed by atoms with E-state index in [4.69, 9.17) is 11.6 Å². The van der Waals surface area contributed by atoms with E-state index in [1.165, 1.54) is 25.7 Å². The smallest absolute Gasteiger partial charge is 0.149 e. The molecule has 1 aliphatic carbocycles. The van der Waals surface area contributed by atoms with Gasteiger partial charge in [0.2, 0.25) is 0 Å². The summed E-state index contributed by atoms with van der Waals surface area (Å²) in [6.07, 6.45) is 8.36. The molecular weight excluding hydrogens is 210 g/mol. The van der Waals surface area contributed by atoms with E-state index < -0.39 is 0 Å². The van der Waals surface area contributed by atoms with Crippen LogP contribution in [-0.2, 0) is 0 Å². The van der Waals surface area contributed by atoms with Crippen LogP contribution in [0.2, 0.25) is 5.15 Å². The molecule has 0 aliphatic heterocycles. The maximum Gasteiger partial charge on any atom is 0.149 e. The maximum atomic E-state index is 5.78. The van der Waals surface area contributed by atoms with Crippen molar-refractivity contribution >= 4 is 17.4 Å². The van der Waals surface area contributed by atoms with Gasteiger partial charge in [0.1, 0.15) is 11.0 Å². The summed E-state index contributed by atoms with van der Waals surface area (Å²) in [6.45, 7) is 2.30. The molecule has 82 valence electrons. The molecule has 0 bridgehead atoms. The molecule has 0 saturated heterocycles. The third-order valence-electron chi connectivity index (χ3n) is 2.89. The van der Waals surface area contributed by atoms with E-state index in [0.29, 0.717) is 11.2 Å². The van der Waals surface area contributed by atoms with E-state index in [2.05, 4.69) is 22.2 Å². The van der Waals surface area contributed by atoms with Crippen LogP contribution in [0.3, 0.4) is 0 Å². The van der Waals surface area contributed by atoms with Crippen LogP contribution in [0.25, 0.3) is 0 Å². The Kier molecular flexibility index (Phi) is 3.41. The summed E-state index contributed by atoms with van der Waals surface area (Å²) >= 11 is 5.78. The molecule has 2 rings (SSSR count). The number of halogens is 1. The molecule has 0 aromatic carbocycles. The number of rotatable bonds is 2. The molecule has 0 amide bonds. The van der Waals surface area contributed by atoms with E-state index in [1.54, 1.807) is 12.4 Å². The fraction of sp³-hybridized carbons (Fsp3) is 0.636. The van der Waals surface area contributed by atoms with Crippen LogP contribution < -0.4 is 5.32 Å². The highest BCUT2D eigenvalue weighted by molar-refractivity contribution is 6.29. The van der Waals surface area contributed by atoms with Crippen molar-refractivity contribution in [2.24, 2.45) is 5.92 Å². The molecule has 1 heterocycles. The van der Waals surface area contributed by atoms with Gasteiger partial charge in [-0.3, -0.25) is 4.98 Å². The lowest BCUT2D eigenvalue weighted by Crippen LogP contribution is -2.26. The summed E-state index contributed by atoms with van der Waals surface area (Å²) in [5.41, 5.74) is 0. The third-order valence-corrected chi connectivity index (χ3v) is 3.08. The first kappa shape index (κ1) is 10.7. The minimum absolute atomic E-state index is 0.448. The Morgan fingerprint density at radius 3 is 3.00 bits per heavy atom. The highest BCUT2D eigenvalue weighted by atomic mass is 35.5. The standard InChI is InChI=1S/C11H16ClN3/c1-8-3-2-4-9(5-8)14-11-7-13-6-10(12)15-11/h6-9H,2-5H2,1H3,(H,14,15). The summed E-state index contributed by atoms with van der Waals surface area (Å²) in [6, 6.07) is 0.529. The minimum atomic E-state index is 0.448. The monoisotopic (exact) mass is 225 g/mol. The van der Waals surface area contributed by atoms with Crippen LogP contribution in [0.1, 0.15) is 32.6 Å². The number of nitrogens with zero attached hydrogens (tertiary/aromatic N) is 2. The maximum absolute atomic E-state index is 5.78. The molecule has 2 atom stereocenters. The first-order valence-corrected chi connectivity index (χ1v) is 5.86. The molecule has 0 radical (unpaired) electrons. The average Bonchev–Trinajstić information content (AvgIpc) is 2.17. The molecule has 3 nitrogen and oxygen atoms in total. The van der Waals surface area contributed by atoms with Crippen LogP contribution in [0, 0.1) is 5.92 Å². The lowest BCUT2D eigenvalue weighted by atomic mass is 9.87. The van der Waals surface area contributed by atoms with Gasteiger partial charge in [0.15, 0.2) is 0 Å². The van der Waals surface area contributed by atoms with Crippen molar-refractivity contribution in [2.45, 2.75) is 38.6 Å². The Labute approximate surface area is 95.3 Å². The first-order chi connectivity index (χ1) is 7.24. The van der Waals surface area contributed by atoms with E-state index >= 15 is 0 Å². The van der Waals surface area contributed by atoms with Crippen molar-refractivity contribution in [3.63, 3.8) is 0 Å². The summed E-state index contributed by atoms with van der Waals surface area (Å²) in [5.74, 6) is 1.60. The molecule has 2 unspecified atom stereocenters. The van der Waals surface area contributed by atoms with Gasteiger partial charge in [-0.05, 0) is 18.8 Å². The molecular formula is C11H16ClN3. The zero-order chi connectivity index (χ0) is 10.7. The van der Waals surface area contributed by atoms with Crippen molar-refractivity contribution in [2.75, 3.05) is 5.32 Å². The second-order valence-corrected chi connectivity index (χ2v) is 4.73. The summed E-state index contributed by atoms with van der Waals surface area (Å²) in [4.78, 5) is 8.20. The number of aromatic nitrogens is 2. The number of hydrogen-bond donors (Lipinski definition) is 1. The second kappa shape index (κ2) is 4.79. The normalized spacial score (nSPS) is 26.3.